The minimum absolute atomic E-state index is 0.0618. The van der Waals surface area contributed by atoms with Gasteiger partial charge in [0.25, 0.3) is 0 Å². The number of H-pyrrole nitrogens is 1. The van der Waals surface area contributed by atoms with Crippen LogP contribution >= 0.6 is 0 Å². The molecule has 1 aromatic carbocycles. The Morgan fingerprint density at radius 1 is 1.19 bits per heavy atom. The van der Waals surface area contributed by atoms with Crippen LogP contribution < -0.4 is 5.32 Å². The third kappa shape index (κ3) is 3.46. The van der Waals surface area contributed by atoms with Gasteiger partial charge >= 0.3 is 0 Å². The van der Waals surface area contributed by atoms with E-state index in [-0.39, 0.29) is 11.3 Å². The van der Waals surface area contributed by atoms with E-state index in [0.29, 0.717) is 26.3 Å². The number of morpholine rings is 1. The molecule has 2 aliphatic heterocycles. The summed E-state index contributed by atoms with van der Waals surface area (Å²) in [4.78, 5) is 7.83. The lowest BCUT2D eigenvalue weighted by Crippen LogP contribution is -2.40. The van der Waals surface area contributed by atoms with E-state index < -0.39 is 10.0 Å². The number of nitrogens with one attached hydrogen (secondary N) is 2. The molecule has 0 spiro atoms. The maximum atomic E-state index is 12.9. The topological polar surface area (TPSA) is 87.3 Å². The number of pyridine rings is 1. The molecule has 2 N–H and O–H groups in total. The van der Waals surface area contributed by atoms with E-state index in [1.807, 2.05) is 12.4 Å². The molecule has 0 amide bonds. The first-order chi connectivity index (χ1) is 15.5. The van der Waals surface area contributed by atoms with Gasteiger partial charge in [0.2, 0.25) is 10.0 Å². The first-order valence-corrected chi connectivity index (χ1v) is 12.9. The lowest BCUT2D eigenvalue weighted by atomic mass is 9.88. The number of rotatable bonds is 4. The van der Waals surface area contributed by atoms with Crippen molar-refractivity contribution < 1.29 is 13.2 Å². The highest BCUT2D eigenvalue weighted by molar-refractivity contribution is 7.90. The van der Waals surface area contributed by atoms with Gasteiger partial charge in [-0.05, 0) is 66.1 Å². The van der Waals surface area contributed by atoms with Crippen molar-refractivity contribution in [2.45, 2.75) is 44.0 Å². The lowest BCUT2D eigenvalue weighted by molar-refractivity contribution is 0.0764. The molecule has 1 saturated carbocycles. The number of hydrogen-bond donors (Lipinski definition) is 2. The molecule has 0 bridgehead atoms. The van der Waals surface area contributed by atoms with Crippen LogP contribution in [0.5, 0.6) is 0 Å². The van der Waals surface area contributed by atoms with Gasteiger partial charge in [-0.25, -0.2) is 13.4 Å². The zero-order valence-electron chi connectivity index (χ0n) is 18.2. The van der Waals surface area contributed by atoms with Gasteiger partial charge in [-0.1, -0.05) is 6.07 Å². The van der Waals surface area contributed by atoms with E-state index in [1.165, 1.54) is 11.1 Å². The van der Waals surface area contributed by atoms with Crippen LogP contribution in [0.4, 0.5) is 0 Å². The molecule has 7 nitrogen and oxygen atoms in total. The van der Waals surface area contributed by atoms with Crippen molar-refractivity contribution in [1.82, 2.24) is 19.6 Å². The van der Waals surface area contributed by atoms with Crippen molar-refractivity contribution in [2.24, 2.45) is 0 Å². The summed E-state index contributed by atoms with van der Waals surface area (Å²) < 4.78 is 33.4. The first-order valence-electron chi connectivity index (χ1n) is 11.4. The number of hydrogen-bond acceptors (Lipinski definition) is 5. The van der Waals surface area contributed by atoms with E-state index >= 15 is 0 Å². The molecular formula is C24H28N4O3S. The molecule has 0 radical (unpaired) electrons. The average Bonchev–Trinajstić information content (AvgIpc) is 3.63. The molecule has 32 heavy (non-hydrogen) atoms. The van der Waals surface area contributed by atoms with Crippen molar-refractivity contribution in [1.29, 1.82) is 0 Å². The summed E-state index contributed by atoms with van der Waals surface area (Å²) in [6.07, 6.45) is 6.22. The van der Waals surface area contributed by atoms with Crippen LogP contribution in [0.15, 0.2) is 30.6 Å². The van der Waals surface area contributed by atoms with Crippen LogP contribution in [0, 0.1) is 6.92 Å². The first kappa shape index (κ1) is 20.4. The zero-order valence-corrected chi connectivity index (χ0v) is 19.0. The third-order valence-corrected chi connectivity index (χ3v) is 9.36. The van der Waals surface area contributed by atoms with E-state index in [9.17, 15) is 8.42 Å². The van der Waals surface area contributed by atoms with Crippen molar-refractivity contribution >= 4 is 21.1 Å². The Balaban J connectivity index is 1.44. The standard InChI is InChI=1S/C24H28N4O3S/c1-15-11-26-24-20(15)10-18(12-27-24)17-8-16-4-6-28(32(29,30)19-2-3-19)13-22(16)21(9-17)23-14-31-7-5-25-23/h8-12,19,23,25H,2-7,13-14H2,1H3,(H,26,27)/t23-/m0/s1. The molecule has 3 aliphatic rings. The Labute approximate surface area is 188 Å². The molecule has 1 aliphatic carbocycles. The van der Waals surface area contributed by atoms with Gasteiger partial charge in [0.15, 0.2) is 0 Å². The Morgan fingerprint density at radius 2 is 2.06 bits per heavy atom. The number of sulfonamides is 1. The molecule has 1 saturated heterocycles. The van der Waals surface area contributed by atoms with Crippen LogP contribution in [0.3, 0.4) is 0 Å². The summed E-state index contributed by atoms with van der Waals surface area (Å²) in [6, 6.07) is 6.70. The summed E-state index contributed by atoms with van der Waals surface area (Å²) in [5.74, 6) is 0. The second kappa shape index (κ2) is 7.66. The molecule has 3 aromatic rings. The maximum absolute atomic E-state index is 12.9. The van der Waals surface area contributed by atoms with Gasteiger partial charge in [-0.15, -0.1) is 0 Å². The second-order valence-corrected chi connectivity index (χ2v) is 11.4. The monoisotopic (exact) mass is 452 g/mol. The molecule has 2 fully saturated rings. The molecule has 0 unspecified atom stereocenters. The number of aromatic nitrogens is 2. The van der Waals surface area contributed by atoms with Crippen LogP contribution in [0.1, 0.15) is 41.1 Å². The van der Waals surface area contributed by atoms with Crippen LogP contribution in [-0.2, 0) is 27.7 Å². The molecular weight excluding hydrogens is 424 g/mol. The van der Waals surface area contributed by atoms with Gasteiger partial charge < -0.3 is 15.0 Å². The smallest absolute Gasteiger partial charge is 0.217 e. The van der Waals surface area contributed by atoms with E-state index in [2.05, 4.69) is 40.4 Å². The predicted octanol–water partition coefficient (Wildman–Crippen LogP) is 3.05. The quantitative estimate of drug-likeness (QED) is 0.635. The Kier molecular flexibility index (Phi) is 4.87. The molecule has 8 heteroatoms. The van der Waals surface area contributed by atoms with Crippen LogP contribution in [-0.4, -0.2) is 54.2 Å². The van der Waals surface area contributed by atoms with Crippen molar-refractivity contribution in [2.75, 3.05) is 26.3 Å². The number of benzene rings is 1. The Bertz CT molecular complexity index is 1290. The lowest BCUT2D eigenvalue weighted by Gasteiger charge is -2.33. The SMILES string of the molecule is Cc1c[nH]c2ncc(-c3cc4c(c([C@@H]5COCCN5)c3)CN(S(=O)(=O)C3CC3)CC4)cc12. The summed E-state index contributed by atoms with van der Waals surface area (Å²) in [5.41, 5.74) is 7.80. The minimum Gasteiger partial charge on any atom is -0.378 e. The molecule has 2 aromatic heterocycles. The van der Waals surface area contributed by atoms with E-state index in [0.717, 1.165) is 59.1 Å². The number of fused-ring (bicyclic) bond motifs is 2. The number of aromatic amines is 1. The molecule has 1 atom stereocenters. The van der Waals surface area contributed by atoms with Gasteiger partial charge in [-0.2, -0.15) is 4.31 Å². The van der Waals surface area contributed by atoms with Crippen LogP contribution in [0.25, 0.3) is 22.2 Å². The summed E-state index contributed by atoms with van der Waals surface area (Å²) in [7, 11) is -3.20. The van der Waals surface area contributed by atoms with Gasteiger partial charge in [0, 0.05) is 43.0 Å². The number of nitrogens with zero attached hydrogens (tertiary/aromatic N) is 2. The normalized spacial score (nSPS) is 22.2. The minimum atomic E-state index is -3.20. The summed E-state index contributed by atoms with van der Waals surface area (Å²) >= 11 is 0. The van der Waals surface area contributed by atoms with Gasteiger partial charge in [0.1, 0.15) is 5.65 Å². The molecule has 168 valence electrons. The summed E-state index contributed by atoms with van der Waals surface area (Å²) in [5, 5.41) is 4.53. The predicted molar refractivity (Wildman–Crippen MR) is 124 cm³/mol. The van der Waals surface area contributed by atoms with Crippen molar-refractivity contribution in [3.8, 4) is 11.1 Å². The van der Waals surface area contributed by atoms with Crippen molar-refractivity contribution in [3.05, 3.63) is 52.8 Å². The highest BCUT2D eigenvalue weighted by Crippen LogP contribution is 2.38. The highest BCUT2D eigenvalue weighted by atomic mass is 32.2. The number of ether oxygens (including phenoxy) is 1. The Morgan fingerprint density at radius 3 is 2.84 bits per heavy atom. The van der Waals surface area contributed by atoms with Gasteiger partial charge in [0.05, 0.1) is 24.5 Å². The fraction of sp³-hybridized carbons (Fsp3) is 0.458. The fourth-order valence-electron chi connectivity index (χ4n) is 5.00. The molecule has 6 rings (SSSR count). The van der Waals surface area contributed by atoms with E-state index in [4.69, 9.17) is 4.74 Å². The van der Waals surface area contributed by atoms with Crippen molar-refractivity contribution in [3.63, 3.8) is 0 Å². The van der Waals surface area contributed by atoms with Crippen LogP contribution in [0.2, 0.25) is 0 Å². The Hall–Kier alpha value is -2.26. The zero-order chi connectivity index (χ0) is 21.9. The maximum Gasteiger partial charge on any atom is 0.217 e. The molecule has 4 heterocycles. The highest BCUT2D eigenvalue weighted by Gasteiger charge is 2.41. The third-order valence-electron chi connectivity index (χ3n) is 7.02. The van der Waals surface area contributed by atoms with E-state index in [1.54, 1.807) is 4.31 Å². The average molecular weight is 453 g/mol. The summed E-state index contributed by atoms with van der Waals surface area (Å²) in [6.45, 7) is 5.19. The van der Waals surface area contributed by atoms with Gasteiger partial charge in [-0.3, -0.25) is 0 Å². The largest absolute Gasteiger partial charge is 0.378 e. The number of aryl methyl sites for hydroxylation is 1. The fourth-order valence-corrected chi connectivity index (χ4v) is 6.81. The second-order valence-electron chi connectivity index (χ2n) is 9.20.